The minimum Gasteiger partial charge on any atom is -0.396 e. The Morgan fingerprint density at radius 3 is 2.79 bits per heavy atom. The number of nitrogens with zero attached hydrogens (tertiary/aromatic N) is 1. The fraction of sp³-hybridized carbons (Fsp3) is 0.538. The molecule has 0 amide bonds. The van der Waals surface area contributed by atoms with Crippen molar-refractivity contribution in [2.75, 3.05) is 13.2 Å². The van der Waals surface area contributed by atoms with Crippen LogP contribution in [0.2, 0.25) is 0 Å². The van der Waals surface area contributed by atoms with Crippen LogP contribution in [-0.2, 0) is 16.6 Å². The van der Waals surface area contributed by atoms with E-state index in [0.717, 1.165) is 24.8 Å². The lowest BCUT2D eigenvalue weighted by atomic mass is 9.87. The molecule has 1 aromatic rings. The third kappa shape index (κ3) is 3.33. The number of aliphatic hydroxyl groups is 1. The maximum absolute atomic E-state index is 11.8. The van der Waals surface area contributed by atoms with Crippen LogP contribution in [0.1, 0.15) is 36.4 Å². The van der Waals surface area contributed by atoms with Crippen molar-refractivity contribution in [3.05, 3.63) is 35.4 Å². The van der Waals surface area contributed by atoms with E-state index in [2.05, 4.69) is 0 Å². The minimum atomic E-state index is -3.76. The largest absolute Gasteiger partial charge is 0.396 e. The summed E-state index contributed by atoms with van der Waals surface area (Å²) in [5, 5.41) is 14.2. The molecule has 1 aliphatic carbocycles. The number of nitrogens with two attached hydrogens (primary N) is 1. The molecule has 0 spiro atoms. The quantitative estimate of drug-likeness (QED) is 0.844. The molecule has 3 N–H and O–H groups in total. The predicted octanol–water partition coefficient (Wildman–Crippen LogP) is 0.952. The summed E-state index contributed by atoms with van der Waals surface area (Å²) in [6.07, 6.45) is 3.10. The number of hydrogen-bond donors (Lipinski definition) is 2. The first kappa shape index (κ1) is 14.5. The third-order valence-electron chi connectivity index (χ3n) is 3.55. The van der Waals surface area contributed by atoms with Crippen LogP contribution in [0, 0.1) is 0 Å². The topological polar surface area (TPSA) is 83.6 Å². The Labute approximate surface area is 114 Å². The summed E-state index contributed by atoms with van der Waals surface area (Å²) in [6, 6.07) is 7.69. The van der Waals surface area contributed by atoms with Crippen LogP contribution in [-0.4, -0.2) is 31.0 Å². The summed E-state index contributed by atoms with van der Waals surface area (Å²) >= 11 is 0. The predicted molar refractivity (Wildman–Crippen MR) is 73.6 cm³/mol. The van der Waals surface area contributed by atoms with E-state index >= 15 is 0 Å². The number of aliphatic hydroxyl groups excluding tert-OH is 1. The second kappa shape index (κ2) is 6.00. The summed E-state index contributed by atoms with van der Waals surface area (Å²) < 4.78 is 24.9. The Balaban J connectivity index is 2.33. The van der Waals surface area contributed by atoms with Gasteiger partial charge in [0, 0.05) is 13.2 Å². The molecule has 19 heavy (non-hydrogen) atoms. The summed E-state index contributed by atoms with van der Waals surface area (Å²) in [4.78, 5) is 0. The van der Waals surface area contributed by atoms with Crippen molar-refractivity contribution in [3.63, 3.8) is 0 Å². The zero-order chi connectivity index (χ0) is 13.9. The molecular formula is C13H20N2O3S. The minimum absolute atomic E-state index is 0.0413. The second-order valence-corrected chi connectivity index (χ2v) is 6.34. The molecule has 0 aromatic heterocycles. The van der Waals surface area contributed by atoms with Crippen LogP contribution in [0.15, 0.2) is 24.3 Å². The van der Waals surface area contributed by atoms with E-state index < -0.39 is 10.2 Å². The first-order valence-corrected chi connectivity index (χ1v) is 8.02. The molecule has 2 rings (SSSR count). The SMILES string of the molecule is NS(=O)(=O)N(CCCO)C1CCCc2ccccc21. The van der Waals surface area contributed by atoms with Crippen molar-refractivity contribution in [2.24, 2.45) is 5.14 Å². The van der Waals surface area contributed by atoms with Crippen LogP contribution < -0.4 is 5.14 Å². The highest BCUT2D eigenvalue weighted by Crippen LogP contribution is 2.35. The summed E-state index contributed by atoms with van der Waals surface area (Å²) in [5.74, 6) is 0. The fourth-order valence-electron chi connectivity index (χ4n) is 2.71. The molecule has 0 aliphatic heterocycles. The molecular weight excluding hydrogens is 264 g/mol. The number of aryl methyl sites for hydroxylation is 1. The van der Waals surface area contributed by atoms with Gasteiger partial charge in [-0.05, 0) is 36.8 Å². The first-order valence-electron chi connectivity index (χ1n) is 6.52. The molecule has 0 saturated heterocycles. The van der Waals surface area contributed by atoms with E-state index in [1.807, 2.05) is 24.3 Å². The van der Waals surface area contributed by atoms with Gasteiger partial charge in [-0.1, -0.05) is 24.3 Å². The van der Waals surface area contributed by atoms with E-state index in [1.165, 1.54) is 9.87 Å². The molecule has 5 nitrogen and oxygen atoms in total. The summed E-state index contributed by atoms with van der Waals surface area (Å²) in [5.41, 5.74) is 2.23. The van der Waals surface area contributed by atoms with Gasteiger partial charge >= 0.3 is 0 Å². The molecule has 0 bridgehead atoms. The van der Waals surface area contributed by atoms with Gasteiger partial charge in [0.05, 0.1) is 6.04 Å². The lowest BCUT2D eigenvalue weighted by molar-refractivity contribution is 0.240. The highest BCUT2D eigenvalue weighted by Gasteiger charge is 2.31. The van der Waals surface area contributed by atoms with Crippen molar-refractivity contribution in [1.29, 1.82) is 0 Å². The first-order chi connectivity index (χ1) is 9.04. The Morgan fingerprint density at radius 1 is 1.37 bits per heavy atom. The van der Waals surface area contributed by atoms with Crippen molar-refractivity contribution in [2.45, 2.75) is 31.7 Å². The summed E-state index contributed by atoms with van der Waals surface area (Å²) in [7, 11) is -3.76. The fourth-order valence-corrected chi connectivity index (χ4v) is 3.67. The molecule has 0 radical (unpaired) electrons. The summed E-state index contributed by atoms with van der Waals surface area (Å²) in [6.45, 7) is 0.217. The molecule has 6 heteroatoms. The van der Waals surface area contributed by atoms with Crippen molar-refractivity contribution in [1.82, 2.24) is 4.31 Å². The average molecular weight is 284 g/mol. The van der Waals surface area contributed by atoms with Gasteiger partial charge in [0.2, 0.25) is 0 Å². The van der Waals surface area contributed by atoms with E-state index in [4.69, 9.17) is 10.2 Å². The lowest BCUT2D eigenvalue weighted by Gasteiger charge is -2.33. The van der Waals surface area contributed by atoms with E-state index in [9.17, 15) is 8.42 Å². The maximum Gasteiger partial charge on any atom is 0.277 e. The molecule has 106 valence electrons. The number of hydrogen-bond acceptors (Lipinski definition) is 3. The van der Waals surface area contributed by atoms with Gasteiger partial charge in [-0.2, -0.15) is 12.7 Å². The third-order valence-corrected chi connectivity index (χ3v) is 4.64. The number of benzene rings is 1. The molecule has 0 fully saturated rings. The van der Waals surface area contributed by atoms with Gasteiger partial charge in [0.15, 0.2) is 0 Å². The van der Waals surface area contributed by atoms with Gasteiger partial charge in [0.1, 0.15) is 0 Å². The number of rotatable bonds is 5. The van der Waals surface area contributed by atoms with Gasteiger partial charge in [-0.3, -0.25) is 0 Å². The zero-order valence-corrected chi connectivity index (χ0v) is 11.6. The monoisotopic (exact) mass is 284 g/mol. The standard InChI is InChI=1S/C13H20N2O3S/c14-19(17,18)15(9-4-10-16)13-8-3-6-11-5-1-2-7-12(11)13/h1-2,5,7,13,16H,3-4,6,8-10H2,(H2,14,17,18). The molecule has 1 aliphatic rings. The van der Waals surface area contributed by atoms with Crippen molar-refractivity contribution in [3.8, 4) is 0 Å². The van der Waals surface area contributed by atoms with Crippen LogP contribution in [0.4, 0.5) is 0 Å². The Hall–Kier alpha value is -0.950. The maximum atomic E-state index is 11.8. The molecule has 0 heterocycles. The van der Waals surface area contributed by atoms with Crippen LogP contribution in [0.5, 0.6) is 0 Å². The highest BCUT2D eigenvalue weighted by molar-refractivity contribution is 7.86. The number of fused-ring (bicyclic) bond motifs is 1. The molecule has 1 atom stereocenters. The van der Waals surface area contributed by atoms with E-state index in [-0.39, 0.29) is 19.2 Å². The molecule has 0 saturated carbocycles. The van der Waals surface area contributed by atoms with E-state index in [0.29, 0.717) is 6.42 Å². The van der Waals surface area contributed by atoms with Crippen LogP contribution in [0.25, 0.3) is 0 Å². The van der Waals surface area contributed by atoms with Gasteiger partial charge in [-0.15, -0.1) is 0 Å². The van der Waals surface area contributed by atoms with Crippen molar-refractivity contribution < 1.29 is 13.5 Å². The Morgan fingerprint density at radius 2 is 2.11 bits per heavy atom. The van der Waals surface area contributed by atoms with Gasteiger partial charge in [-0.25, -0.2) is 5.14 Å². The lowest BCUT2D eigenvalue weighted by Crippen LogP contribution is -2.41. The normalized spacial score (nSPS) is 19.4. The molecule has 1 unspecified atom stereocenters. The van der Waals surface area contributed by atoms with Gasteiger partial charge in [0.25, 0.3) is 10.2 Å². The van der Waals surface area contributed by atoms with Crippen molar-refractivity contribution >= 4 is 10.2 Å². The second-order valence-electron chi connectivity index (χ2n) is 4.84. The highest BCUT2D eigenvalue weighted by atomic mass is 32.2. The Bertz CT molecular complexity index is 530. The Kier molecular flexibility index (Phi) is 4.57. The van der Waals surface area contributed by atoms with Crippen LogP contribution in [0.3, 0.4) is 0 Å². The van der Waals surface area contributed by atoms with Crippen LogP contribution >= 0.6 is 0 Å². The zero-order valence-electron chi connectivity index (χ0n) is 10.8. The van der Waals surface area contributed by atoms with Gasteiger partial charge < -0.3 is 5.11 Å². The smallest absolute Gasteiger partial charge is 0.277 e. The average Bonchev–Trinajstić information content (AvgIpc) is 2.38. The van der Waals surface area contributed by atoms with E-state index in [1.54, 1.807) is 0 Å². The molecule has 1 aromatic carbocycles.